The molecule has 1 aliphatic heterocycles. The molecule has 5 heteroatoms. The molecule has 0 aliphatic carbocycles. The molecule has 1 N–H and O–H groups in total. The molecule has 128 valence electrons. The number of oxazole rings is 1. The van der Waals surface area contributed by atoms with Gasteiger partial charge in [-0.15, -0.1) is 0 Å². The summed E-state index contributed by atoms with van der Waals surface area (Å²) in [6, 6.07) is 14.3. The van der Waals surface area contributed by atoms with E-state index in [0.29, 0.717) is 18.2 Å². The van der Waals surface area contributed by atoms with Crippen LogP contribution in [0.25, 0.3) is 11.3 Å². The van der Waals surface area contributed by atoms with Crippen molar-refractivity contribution in [2.75, 3.05) is 13.2 Å². The number of hydrogen-bond acceptors (Lipinski definition) is 4. The second-order valence-corrected chi connectivity index (χ2v) is 6.24. The number of rotatable bonds is 4. The monoisotopic (exact) mass is 338 g/mol. The van der Waals surface area contributed by atoms with Crippen LogP contribution in [0.5, 0.6) is 0 Å². The second-order valence-electron chi connectivity index (χ2n) is 6.24. The molecule has 1 aromatic heterocycles. The standard InChI is InChI=1S/C20H19FN2O2/c21-16-7-5-15(6-8-16)19-11-22-20(25-19)12-23-10-9-14-3-1-2-4-17(14)18(23)13-24/h1-8,11,18,24H,9-10,12-13H2. The van der Waals surface area contributed by atoms with Gasteiger partial charge in [0.05, 0.1) is 25.4 Å². The summed E-state index contributed by atoms with van der Waals surface area (Å²) >= 11 is 0. The van der Waals surface area contributed by atoms with E-state index in [-0.39, 0.29) is 18.5 Å². The zero-order valence-corrected chi connectivity index (χ0v) is 13.7. The molecule has 0 spiro atoms. The van der Waals surface area contributed by atoms with E-state index in [0.717, 1.165) is 18.5 Å². The van der Waals surface area contributed by atoms with Crippen molar-refractivity contribution >= 4 is 0 Å². The van der Waals surface area contributed by atoms with Crippen LogP contribution in [0.1, 0.15) is 23.1 Å². The first-order valence-electron chi connectivity index (χ1n) is 8.38. The minimum absolute atomic E-state index is 0.0499. The fraction of sp³-hybridized carbons (Fsp3) is 0.250. The number of aliphatic hydroxyl groups excluding tert-OH is 1. The molecule has 1 aliphatic rings. The molecule has 0 amide bonds. The van der Waals surface area contributed by atoms with Gasteiger partial charge in [0.2, 0.25) is 5.89 Å². The van der Waals surface area contributed by atoms with Crippen molar-refractivity contribution in [1.29, 1.82) is 0 Å². The largest absolute Gasteiger partial charge is 0.439 e. The second kappa shape index (κ2) is 6.78. The van der Waals surface area contributed by atoms with Gasteiger partial charge in [0.25, 0.3) is 0 Å². The molecule has 4 rings (SSSR count). The van der Waals surface area contributed by atoms with Gasteiger partial charge in [-0.1, -0.05) is 24.3 Å². The molecule has 0 saturated heterocycles. The normalized spacial score (nSPS) is 17.4. The zero-order chi connectivity index (χ0) is 17.2. The average Bonchev–Trinajstić information content (AvgIpc) is 3.10. The lowest BCUT2D eigenvalue weighted by Crippen LogP contribution is -2.36. The number of benzene rings is 2. The van der Waals surface area contributed by atoms with Gasteiger partial charge in [-0.2, -0.15) is 0 Å². The van der Waals surface area contributed by atoms with Crippen molar-refractivity contribution in [2.24, 2.45) is 0 Å². The molecular weight excluding hydrogens is 319 g/mol. The van der Waals surface area contributed by atoms with Gasteiger partial charge in [-0.3, -0.25) is 4.90 Å². The summed E-state index contributed by atoms with van der Waals surface area (Å²) < 4.78 is 18.9. The summed E-state index contributed by atoms with van der Waals surface area (Å²) in [5.74, 6) is 0.936. The Kier molecular flexibility index (Phi) is 4.34. The van der Waals surface area contributed by atoms with Crippen LogP contribution in [0.2, 0.25) is 0 Å². The van der Waals surface area contributed by atoms with Gasteiger partial charge in [-0.25, -0.2) is 9.37 Å². The van der Waals surface area contributed by atoms with Crippen LogP contribution in [0.15, 0.2) is 59.1 Å². The minimum Gasteiger partial charge on any atom is -0.439 e. The third-order valence-electron chi connectivity index (χ3n) is 4.72. The van der Waals surface area contributed by atoms with Gasteiger partial charge in [0.15, 0.2) is 5.76 Å². The van der Waals surface area contributed by atoms with Crippen molar-refractivity contribution in [3.8, 4) is 11.3 Å². The number of aliphatic hydroxyl groups is 1. The van der Waals surface area contributed by atoms with Crippen molar-refractivity contribution in [2.45, 2.75) is 19.0 Å². The first-order valence-corrected chi connectivity index (χ1v) is 8.38. The van der Waals surface area contributed by atoms with Crippen LogP contribution in [-0.2, 0) is 13.0 Å². The maximum Gasteiger partial charge on any atom is 0.209 e. The van der Waals surface area contributed by atoms with Gasteiger partial charge >= 0.3 is 0 Å². The fourth-order valence-corrected chi connectivity index (χ4v) is 3.41. The SMILES string of the molecule is OCC1c2ccccc2CCN1Cc1ncc(-c2ccc(F)cc2)o1. The molecule has 1 atom stereocenters. The van der Waals surface area contributed by atoms with E-state index >= 15 is 0 Å². The molecule has 0 fully saturated rings. The first kappa shape index (κ1) is 16.0. The lowest BCUT2D eigenvalue weighted by Gasteiger charge is -2.35. The van der Waals surface area contributed by atoms with Crippen LogP contribution < -0.4 is 0 Å². The maximum atomic E-state index is 13.0. The van der Waals surface area contributed by atoms with Gasteiger partial charge in [0, 0.05) is 12.1 Å². The number of fused-ring (bicyclic) bond motifs is 1. The Morgan fingerprint density at radius 2 is 1.96 bits per heavy atom. The highest BCUT2D eigenvalue weighted by molar-refractivity contribution is 5.55. The van der Waals surface area contributed by atoms with E-state index in [1.165, 1.54) is 23.3 Å². The summed E-state index contributed by atoms with van der Waals surface area (Å²) in [6.45, 7) is 1.43. The number of nitrogens with zero attached hydrogens (tertiary/aromatic N) is 2. The van der Waals surface area contributed by atoms with Crippen LogP contribution in [0.3, 0.4) is 0 Å². The molecule has 2 aromatic carbocycles. The summed E-state index contributed by atoms with van der Waals surface area (Å²) in [5.41, 5.74) is 3.25. The van der Waals surface area contributed by atoms with E-state index in [2.05, 4.69) is 22.0 Å². The van der Waals surface area contributed by atoms with Crippen LogP contribution in [0, 0.1) is 5.82 Å². The van der Waals surface area contributed by atoms with Gasteiger partial charge < -0.3 is 9.52 Å². The summed E-state index contributed by atoms with van der Waals surface area (Å²) in [7, 11) is 0. The van der Waals surface area contributed by atoms with Crippen LogP contribution in [-0.4, -0.2) is 28.1 Å². The lowest BCUT2D eigenvalue weighted by molar-refractivity contribution is 0.0998. The minimum atomic E-state index is -0.277. The summed E-state index contributed by atoms with van der Waals surface area (Å²) in [5, 5.41) is 9.87. The van der Waals surface area contributed by atoms with Gasteiger partial charge in [-0.05, 0) is 41.8 Å². The topological polar surface area (TPSA) is 49.5 Å². The molecule has 0 radical (unpaired) electrons. The average molecular weight is 338 g/mol. The Hall–Kier alpha value is -2.50. The number of aromatic nitrogens is 1. The van der Waals surface area contributed by atoms with Crippen molar-refractivity contribution < 1.29 is 13.9 Å². The Balaban J connectivity index is 1.54. The van der Waals surface area contributed by atoms with E-state index in [1.807, 2.05) is 12.1 Å². The summed E-state index contributed by atoms with van der Waals surface area (Å²) in [6.07, 6.45) is 2.60. The fourth-order valence-electron chi connectivity index (χ4n) is 3.41. The van der Waals surface area contributed by atoms with Crippen molar-refractivity contribution in [3.63, 3.8) is 0 Å². The van der Waals surface area contributed by atoms with E-state index < -0.39 is 0 Å². The van der Waals surface area contributed by atoms with E-state index in [4.69, 9.17) is 4.42 Å². The molecule has 0 bridgehead atoms. The first-order chi connectivity index (χ1) is 12.2. The molecule has 0 saturated carbocycles. The molecular formula is C20H19FN2O2. The van der Waals surface area contributed by atoms with Crippen LogP contribution >= 0.6 is 0 Å². The molecule has 2 heterocycles. The van der Waals surface area contributed by atoms with Gasteiger partial charge in [0.1, 0.15) is 5.82 Å². The highest BCUT2D eigenvalue weighted by Gasteiger charge is 2.27. The van der Waals surface area contributed by atoms with Crippen molar-refractivity contribution in [3.05, 3.63) is 77.6 Å². The quantitative estimate of drug-likeness (QED) is 0.790. The van der Waals surface area contributed by atoms with E-state index in [9.17, 15) is 9.50 Å². The molecule has 4 nitrogen and oxygen atoms in total. The molecule has 1 unspecified atom stereocenters. The Bertz CT molecular complexity index is 860. The third kappa shape index (κ3) is 3.21. The molecule has 3 aromatic rings. The third-order valence-corrected chi connectivity index (χ3v) is 4.72. The summed E-state index contributed by atoms with van der Waals surface area (Å²) in [4.78, 5) is 6.53. The van der Waals surface area contributed by atoms with Crippen LogP contribution in [0.4, 0.5) is 4.39 Å². The van der Waals surface area contributed by atoms with E-state index in [1.54, 1.807) is 18.3 Å². The highest BCUT2D eigenvalue weighted by Crippen LogP contribution is 2.31. The number of hydrogen-bond donors (Lipinski definition) is 1. The predicted molar refractivity (Wildman–Crippen MR) is 92.3 cm³/mol. The molecule has 25 heavy (non-hydrogen) atoms. The Morgan fingerprint density at radius 3 is 2.76 bits per heavy atom. The zero-order valence-electron chi connectivity index (χ0n) is 13.7. The Labute approximate surface area is 145 Å². The smallest absolute Gasteiger partial charge is 0.209 e. The predicted octanol–water partition coefficient (Wildman–Crippen LogP) is 3.57. The lowest BCUT2D eigenvalue weighted by atomic mass is 9.93. The highest BCUT2D eigenvalue weighted by atomic mass is 19.1. The Morgan fingerprint density at radius 1 is 1.16 bits per heavy atom. The van der Waals surface area contributed by atoms with Crippen molar-refractivity contribution in [1.82, 2.24) is 9.88 Å². The maximum absolute atomic E-state index is 13.0. The number of halogens is 1.